The maximum atomic E-state index is 12.7. The van der Waals surface area contributed by atoms with Crippen molar-refractivity contribution in [1.29, 1.82) is 0 Å². The van der Waals surface area contributed by atoms with Gasteiger partial charge in [0.2, 0.25) is 15.9 Å². The average Bonchev–Trinajstić information content (AvgIpc) is 2.63. The zero-order chi connectivity index (χ0) is 20.9. The molecule has 2 aromatic rings. The molecule has 0 aliphatic rings. The number of hydrogen-bond donors (Lipinski definition) is 1. The smallest absolute Gasteiger partial charge is 0.416 e. The third kappa shape index (κ3) is 5.62. The standard InChI is InChI=1S/C18H19F3N2O4S/c1-27-16-6-4-3-5-13(16)11-22-17(24)12-23(28(2,25)26)15-9-7-14(8-10-15)18(19,20)21/h3-10H,11-12H2,1-2H3,(H,22,24). The van der Waals surface area contributed by atoms with Crippen molar-refractivity contribution in [1.82, 2.24) is 5.32 Å². The van der Waals surface area contributed by atoms with E-state index in [-0.39, 0.29) is 12.2 Å². The number of amides is 1. The molecule has 6 nitrogen and oxygen atoms in total. The van der Waals surface area contributed by atoms with Crippen LogP contribution < -0.4 is 14.4 Å². The van der Waals surface area contributed by atoms with Gasteiger partial charge in [-0.25, -0.2) is 8.42 Å². The van der Waals surface area contributed by atoms with Crippen molar-refractivity contribution in [2.45, 2.75) is 12.7 Å². The van der Waals surface area contributed by atoms with Gasteiger partial charge in [0.05, 0.1) is 24.6 Å². The molecule has 2 rings (SSSR count). The Hall–Kier alpha value is -2.75. The fourth-order valence-electron chi connectivity index (χ4n) is 2.45. The van der Waals surface area contributed by atoms with E-state index in [4.69, 9.17) is 4.74 Å². The second kappa shape index (κ2) is 8.51. The van der Waals surface area contributed by atoms with Crippen LogP contribution in [0.5, 0.6) is 5.75 Å². The van der Waals surface area contributed by atoms with Crippen LogP contribution in [0.4, 0.5) is 18.9 Å². The molecule has 0 saturated heterocycles. The predicted octanol–water partition coefficient (Wildman–Crippen LogP) is 2.80. The lowest BCUT2D eigenvalue weighted by molar-refractivity contribution is -0.137. The lowest BCUT2D eigenvalue weighted by Crippen LogP contribution is -2.40. The van der Waals surface area contributed by atoms with E-state index in [0.29, 0.717) is 11.3 Å². The van der Waals surface area contributed by atoms with Gasteiger partial charge in [-0.3, -0.25) is 9.10 Å². The number of carbonyl (C=O) groups excluding carboxylic acids is 1. The summed E-state index contributed by atoms with van der Waals surface area (Å²) < 4.78 is 68.0. The van der Waals surface area contributed by atoms with E-state index in [0.717, 1.165) is 34.8 Å². The van der Waals surface area contributed by atoms with Gasteiger partial charge in [0.15, 0.2) is 0 Å². The minimum atomic E-state index is -4.54. The summed E-state index contributed by atoms with van der Waals surface area (Å²) in [5.41, 5.74) is -0.257. The monoisotopic (exact) mass is 416 g/mol. The summed E-state index contributed by atoms with van der Waals surface area (Å²) in [4.78, 5) is 12.2. The number of methoxy groups -OCH3 is 1. The first-order valence-electron chi connectivity index (χ1n) is 8.06. The summed E-state index contributed by atoms with van der Waals surface area (Å²) in [5.74, 6) is -0.0539. The van der Waals surface area contributed by atoms with Crippen LogP contribution in [0, 0.1) is 0 Å². The van der Waals surface area contributed by atoms with E-state index in [9.17, 15) is 26.4 Å². The highest BCUT2D eigenvalue weighted by molar-refractivity contribution is 7.92. The van der Waals surface area contributed by atoms with Crippen LogP contribution in [0.3, 0.4) is 0 Å². The molecule has 0 aliphatic carbocycles. The van der Waals surface area contributed by atoms with Crippen LogP contribution >= 0.6 is 0 Å². The summed E-state index contributed by atoms with van der Waals surface area (Å²) >= 11 is 0. The van der Waals surface area contributed by atoms with Crippen molar-refractivity contribution in [3.63, 3.8) is 0 Å². The zero-order valence-electron chi connectivity index (χ0n) is 15.2. The predicted molar refractivity (Wildman–Crippen MR) is 98.5 cm³/mol. The minimum absolute atomic E-state index is 0.0389. The number of sulfonamides is 1. The average molecular weight is 416 g/mol. The van der Waals surface area contributed by atoms with Gasteiger partial charge in [0.25, 0.3) is 0 Å². The number of halogens is 3. The van der Waals surface area contributed by atoms with Gasteiger partial charge in [-0.15, -0.1) is 0 Å². The van der Waals surface area contributed by atoms with Crippen molar-refractivity contribution in [3.05, 3.63) is 59.7 Å². The number of anilines is 1. The molecule has 28 heavy (non-hydrogen) atoms. The first-order chi connectivity index (χ1) is 13.0. The highest BCUT2D eigenvalue weighted by Gasteiger charge is 2.30. The highest BCUT2D eigenvalue weighted by Crippen LogP contribution is 2.31. The van der Waals surface area contributed by atoms with Crippen LogP contribution in [-0.4, -0.2) is 34.2 Å². The Morgan fingerprint density at radius 3 is 2.25 bits per heavy atom. The van der Waals surface area contributed by atoms with E-state index >= 15 is 0 Å². The summed E-state index contributed by atoms with van der Waals surface area (Å²) in [6.07, 6.45) is -3.67. The van der Waals surface area contributed by atoms with Crippen molar-refractivity contribution in [2.75, 3.05) is 24.2 Å². The first kappa shape index (κ1) is 21.5. The Kier molecular flexibility index (Phi) is 6.55. The van der Waals surface area contributed by atoms with Crippen LogP contribution in [0.15, 0.2) is 48.5 Å². The molecule has 1 amide bonds. The number of carbonyl (C=O) groups is 1. The topological polar surface area (TPSA) is 75.7 Å². The van der Waals surface area contributed by atoms with Crippen molar-refractivity contribution in [3.8, 4) is 5.75 Å². The Bertz CT molecular complexity index is 929. The molecule has 0 atom stereocenters. The number of nitrogens with one attached hydrogen (secondary N) is 1. The Morgan fingerprint density at radius 2 is 1.71 bits per heavy atom. The number of alkyl halides is 3. The maximum absolute atomic E-state index is 12.7. The molecule has 0 fully saturated rings. The molecule has 10 heteroatoms. The number of para-hydroxylation sites is 1. The quantitative estimate of drug-likeness (QED) is 0.753. The molecule has 0 saturated carbocycles. The Morgan fingerprint density at radius 1 is 1.11 bits per heavy atom. The Labute approximate surface area is 161 Å². The number of hydrogen-bond acceptors (Lipinski definition) is 4. The first-order valence-corrected chi connectivity index (χ1v) is 9.91. The van der Waals surface area contributed by atoms with Crippen molar-refractivity contribution >= 4 is 21.6 Å². The van der Waals surface area contributed by atoms with E-state index in [1.807, 2.05) is 0 Å². The summed E-state index contributed by atoms with van der Waals surface area (Å²) in [6, 6.07) is 10.5. The van der Waals surface area contributed by atoms with Gasteiger partial charge < -0.3 is 10.1 Å². The second-order valence-electron chi connectivity index (χ2n) is 5.90. The molecule has 0 bridgehead atoms. The largest absolute Gasteiger partial charge is 0.496 e. The lowest BCUT2D eigenvalue weighted by Gasteiger charge is -2.22. The van der Waals surface area contributed by atoms with Gasteiger partial charge in [-0.2, -0.15) is 13.2 Å². The van der Waals surface area contributed by atoms with Crippen LogP contribution in [0.25, 0.3) is 0 Å². The number of rotatable bonds is 7. The van der Waals surface area contributed by atoms with E-state index in [1.54, 1.807) is 24.3 Å². The molecule has 0 heterocycles. The van der Waals surface area contributed by atoms with Crippen LogP contribution in [-0.2, 0) is 27.5 Å². The van der Waals surface area contributed by atoms with E-state index in [1.165, 1.54) is 7.11 Å². The molecule has 2 aromatic carbocycles. The van der Waals surface area contributed by atoms with Gasteiger partial charge in [-0.1, -0.05) is 18.2 Å². The third-order valence-corrected chi connectivity index (χ3v) is 4.98. The fraction of sp³-hybridized carbons (Fsp3) is 0.278. The molecule has 152 valence electrons. The van der Waals surface area contributed by atoms with Gasteiger partial charge in [-0.05, 0) is 30.3 Å². The summed E-state index contributed by atoms with van der Waals surface area (Å²) in [6.45, 7) is -0.465. The van der Waals surface area contributed by atoms with Gasteiger partial charge in [0.1, 0.15) is 12.3 Å². The normalized spacial score (nSPS) is 11.8. The van der Waals surface area contributed by atoms with Gasteiger partial charge >= 0.3 is 6.18 Å². The summed E-state index contributed by atoms with van der Waals surface area (Å²) in [5, 5.41) is 2.58. The maximum Gasteiger partial charge on any atom is 0.416 e. The minimum Gasteiger partial charge on any atom is -0.496 e. The molecule has 0 radical (unpaired) electrons. The van der Waals surface area contributed by atoms with Gasteiger partial charge in [0, 0.05) is 12.1 Å². The molecular formula is C18H19F3N2O4S. The fourth-order valence-corrected chi connectivity index (χ4v) is 3.30. The number of benzene rings is 2. The number of ether oxygens (including phenoxy) is 1. The lowest BCUT2D eigenvalue weighted by atomic mass is 10.2. The number of nitrogens with zero attached hydrogens (tertiary/aromatic N) is 1. The molecule has 0 spiro atoms. The van der Waals surface area contributed by atoms with Crippen molar-refractivity contribution in [2.24, 2.45) is 0 Å². The van der Waals surface area contributed by atoms with E-state index < -0.39 is 34.2 Å². The second-order valence-corrected chi connectivity index (χ2v) is 7.81. The highest BCUT2D eigenvalue weighted by atomic mass is 32.2. The van der Waals surface area contributed by atoms with E-state index in [2.05, 4.69) is 5.32 Å². The Balaban J connectivity index is 2.13. The SMILES string of the molecule is COc1ccccc1CNC(=O)CN(c1ccc(C(F)(F)F)cc1)S(C)(=O)=O. The van der Waals surface area contributed by atoms with Crippen LogP contribution in [0.2, 0.25) is 0 Å². The molecule has 0 aliphatic heterocycles. The van der Waals surface area contributed by atoms with Crippen LogP contribution in [0.1, 0.15) is 11.1 Å². The molecular weight excluding hydrogens is 397 g/mol. The molecule has 0 aromatic heterocycles. The zero-order valence-corrected chi connectivity index (χ0v) is 16.0. The van der Waals surface area contributed by atoms with Crippen molar-refractivity contribution < 1.29 is 31.1 Å². The molecule has 0 unspecified atom stereocenters. The summed E-state index contributed by atoms with van der Waals surface area (Å²) in [7, 11) is -2.41. The third-order valence-electron chi connectivity index (χ3n) is 3.84. The molecule has 1 N–H and O–H groups in total.